The van der Waals surface area contributed by atoms with Crippen molar-refractivity contribution in [3.05, 3.63) is 59.2 Å². The van der Waals surface area contributed by atoms with E-state index < -0.39 is 35.8 Å². The molecule has 0 saturated heterocycles. The number of benzene rings is 2. The number of allylic oxidation sites excluding steroid dienone is 1. The number of aliphatic hydroxyl groups excluding tert-OH is 1. The first-order valence-electron chi connectivity index (χ1n) is 12.7. The lowest BCUT2D eigenvalue weighted by Gasteiger charge is -2.37. The van der Waals surface area contributed by atoms with E-state index in [4.69, 9.17) is 14.2 Å². The van der Waals surface area contributed by atoms with Gasteiger partial charge < -0.3 is 29.7 Å². The van der Waals surface area contributed by atoms with E-state index in [9.17, 15) is 24.6 Å². The molecule has 1 atom stereocenters. The maximum absolute atomic E-state index is 13.2. The van der Waals surface area contributed by atoms with Gasteiger partial charge in [0, 0.05) is 5.54 Å². The first kappa shape index (κ1) is 30.2. The fourth-order valence-corrected chi connectivity index (χ4v) is 4.38. The predicted molar refractivity (Wildman–Crippen MR) is 152 cm³/mol. The van der Waals surface area contributed by atoms with Gasteiger partial charge in [-0.1, -0.05) is 12.1 Å². The number of rotatable bonds is 9. The average molecular weight is 553 g/mol. The molecule has 0 bridgehead atoms. The van der Waals surface area contributed by atoms with Crippen molar-refractivity contribution >= 4 is 35.6 Å². The van der Waals surface area contributed by atoms with Gasteiger partial charge in [0.25, 0.3) is 0 Å². The number of hydrogen-bond donors (Lipinski definition) is 3. The van der Waals surface area contributed by atoms with Crippen LogP contribution in [0.5, 0.6) is 17.2 Å². The summed E-state index contributed by atoms with van der Waals surface area (Å²) in [5.74, 6) is 0.313. The van der Waals surface area contributed by atoms with E-state index in [-0.39, 0.29) is 11.5 Å². The Morgan fingerprint density at radius 1 is 1.10 bits per heavy atom. The van der Waals surface area contributed by atoms with Crippen LogP contribution in [0, 0.1) is 0 Å². The number of carboxylic acid groups (broad SMARTS) is 1. The van der Waals surface area contributed by atoms with Crippen LogP contribution in [0.1, 0.15) is 56.1 Å². The number of ketones is 1. The van der Waals surface area contributed by atoms with Crippen molar-refractivity contribution in [3.8, 4) is 17.2 Å². The zero-order valence-corrected chi connectivity index (χ0v) is 23.8. The molecule has 2 aromatic rings. The Morgan fingerprint density at radius 3 is 2.33 bits per heavy atom. The monoisotopic (exact) mass is 552 g/mol. The van der Waals surface area contributed by atoms with Crippen molar-refractivity contribution < 1.29 is 38.8 Å². The van der Waals surface area contributed by atoms with Crippen LogP contribution in [0.2, 0.25) is 0 Å². The molecular weight excluding hydrogens is 516 g/mol. The van der Waals surface area contributed by atoms with Gasteiger partial charge in [0.05, 0.1) is 37.6 Å². The molecule has 0 fully saturated rings. The molecule has 214 valence electrons. The molecule has 1 unspecified atom stereocenters. The van der Waals surface area contributed by atoms with Crippen molar-refractivity contribution in [2.24, 2.45) is 0 Å². The van der Waals surface area contributed by atoms with E-state index in [1.54, 1.807) is 64.3 Å². The van der Waals surface area contributed by atoms with Gasteiger partial charge in [-0.15, -0.1) is 0 Å². The van der Waals surface area contributed by atoms with E-state index in [1.807, 2.05) is 26.0 Å². The maximum atomic E-state index is 13.2. The van der Waals surface area contributed by atoms with Crippen LogP contribution >= 0.6 is 0 Å². The molecule has 1 aliphatic heterocycles. The molecule has 3 N–H and O–H groups in total. The van der Waals surface area contributed by atoms with Crippen LogP contribution in [-0.4, -0.2) is 70.9 Å². The van der Waals surface area contributed by atoms with E-state index in [0.29, 0.717) is 33.9 Å². The van der Waals surface area contributed by atoms with Crippen molar-refractivity contribution in [2.75, 3.05) is 26.1 Å². The van der Waals surface area contributed by atoms with E-state index in [1.165, 1.54) is 13.2 Å². The molecule has 10 nitrogen and oxygen atoms in total. The Hall–Kier alpha value is -4.31. The number of aliphatic hydroxyl groups is 1. The van der Waals surface area contributed by atoms with Crippen molar-refractivity contribution in [3.63, 3.8) is 0 Å². The number of anilines is 1. The molecule has 0 aliphatic carbocycles. The second kappa shape index (κ2) is 11.8. The third-order valence-electron chi connectivity index (χ3n) is 6.28. The SMILES string of the molecule is COc1ccc(/C=C/C(=O)c2ccc(OC)c3c2OC(C)(C)C=C3)cc1NC(=O)C(CO)N(C(=O)O)C(C)(C)C. The normalized spacial score (nSPS) is 14.6. The fourth-order valence-electron chi connectivity index (χ4n) is 4.38. The number of hydrogen-bond acceptors (Lipinski definition) is 7. The van der Waals surface area contributed by atoms with Gasteiger partial charge in [-0.3, -0.25) is 14.5 Å². The second-order valence-corrected chi connectivity index (χ2v) is 10.8. The average Bonchev–Trinajstić information content (AvgIpc) is 2.87. The van der Waals surface area contributed by atoms with E-state index >= 15 is 0 Å². The van der Waals surface area contributed by atoms with Crippen LogP contribution in [0.3, 0.4) is 0 Å². The van der Waals surface area contributed by atoms with Crippen molar-refractivity contribution in [1.82, 2.24) is 4.90 Å². The minimum Gasteiger partial charge on any atom is -0.496 e. The molecule has 1 heterocycles. The highest BCUT2D eigenvalue weighted by Crippen LogP contribution is 2.40. The summed E-state index contributed by atoms with van der Waals surface area (Å²) in [6, 6.07) is 6.90. The summed E-state index contributed by atoms with van der Waals surface area (Å²) in [7, 11) is 2.98. The Bertz CT molecular complexity index is 1350. The number of carbonyl (C=O) groups is 3. The number of nitrogens with one attached hydrogen (secondary N) is 1. The van der Waals surface area contributed by atoms with Crippen molar-refractivity contribution in [2.45, 2.75) is 51.8 Å². The number of methoxy groups -OCH3 is 2. The summed E-state index contributed by atoms with van der Waals surface area (Å²) >= 11 is 0. The third kappa shape index (κ3) is 6.63. The largest absolute Gasteiger partial charge is 0.496 e. The standard InChI is InChI=1S/C30H36N2O8/c1-29(2,3)32(28(36)37)22(17-33)27(35)31-21-16-18(9-12-25(21)39-7)8-11-23(34)19-10-13-24(38-6)20-14-15-30(4,5)40-26(19)20/h8-16,22,33H,17H2,1-7H3,(H,31,35)(H,36,37)/b11-8+. The Labute approximate surface area is 233 Å². The second-order valence-electron chi connectivity index (χ2n) is 10.8. The highest BCUT2D eigenvalue weighted by molar-refractivity contribution is 6.09. The fraction of sp³-hybridized carbons (Fsp3) is 0.367. The van der Waals surface area contributed by atoms with Gasteiger partial charge in [-0.05, 0) is 82.7 Å². The summed E-state index contributed by atoms with van der Waals surface area (Å²) in [5, 5.41) is 22.2. The summed E-state index contributed by atoms with van der Waals surface area (Å²) < 4.78 is 16.9. The molecule has 0 aromatic heterocycles. The lowest BCUT2D eigenvalue weighted by Crippen LogP contribution is -2.57. The molecule has 2 amide bonds. The minimum absolute atomic E-state index is 0.247. The van der Waals surface area contributed by atoms with Crippen LogP contribution in [-0.2, 0) is 4.79 Å². The quantitative estimate of drug-likeness (QED) is 0.297. The smallest absolute Gasteiger partial charge is 0.408 e. The van der Waals surface area contributed by atoms with E-state index in [0.717, 1.165) is 4.90 Å². The molecule has 40 heavy (non-hydrogen) atoms. The van der Waals surface area contributed by atoms with Crippen LogP contribution in [0.15, 0.2) is 42.5 Å². The highest BCUT2D eigenvalue weighted by atomic mass is 16.5. The third-order valence-corrected chi connectivity index (χ3v) is 6.28. The first-order valence-corrected chi connectivity index (χ1v) is 12.7. The molecule has 3 rings (SSSR count). The lowest BCUT2D eigenvalue weighted by molar-refractivity contribution is -0.124. The summed E-state index contributed by atoms with van der Waals surface area (Å²) in [6.07, 6.45) is 5.41. The van der Waals surface area contributed by atoms with E-state index in [2.05, 4.69) is 5.32 Å². The maximum Gasteiger partial charge on any atom is 0.408 e. The number of fused-ring (bicyclic) bond motifs is 1. The van der Waals surface area contributed by atoms with Crippen molar-refractivity contribution in [1.29, 1.82) is 0 Å². The number of amides is 2. The molecule has 1 aliphatic rings. The zero-order chi connectivity index (χ0) is 29.8. The summed E-state index contributed by atoms with van der Waals surface area (Å²) in [4.78, 5) is 39.1. The van der Waals surface area contributed by atoms with Gasteiger partial charge in [-0.25, -0.2) is 4.79 Å². The highest BCUT2D eigenvalue weighted by Gasteiger charge is 2.37. The van der Waals surface area contributed by atoms with Gasteiger partial charge in [0.15, 0.2) is 5.78 Å². The minimum atomic E-state index is -1.36. The van der Waals surface area contributed by atoms with Crippen LogP contribution < -0.4 is 19.5 Å². The summed E-state index contributed by atoms with van der Waals surface area (Å²) in [6.45, 7) is 7.95. The van der Waals surface area contributed by atoms with Crippen LogP contribution in [0.25, 0.3) is 12.2 Å². The molecule has 10 heteroatoms. The molecular formula is C30H36N2O8. The summed E-state index contributed by atoms with van der Waals surface area (Å²) in [5.41, 5.74) is 0.321. The number of carbonyl (C=O) groups excluding carboxylic acids is 2. The van der Waals surface area contributed by atoms with Gasteiger partial charge >= 0.3 is 6.09 Å². The Balaban J connectivity index is 1.90. The Morgan fingerprint density at radius 2 is 1.75 bits per heavy atom. The molecule has 2 aromatic carbocycles. The molecule has 0 spiro atoms. The topological polar surface area (TPSA) is 135 Å². The first-order chi connectivity index (χ1) is 18.7. The molecule has 0 saturated carbocycles. The van der Waals surface area contributed by atoms with Crippen LogP contribution in [0.4, 0.5) is 10.5 Å². The number of nitrogens with zero attached hydrogens (tertiary/aromatic N) is 1. The zero-order valence-electron chi connectivity index (χ0n) is 23.8. The molecule has 0 radical (unpaired) electrons. The Kier molecular flexibility index (Phi) is 8.94. The lowest BCUT2D eigenvalue weighted by atomic mass is 9.97. The number of ether oxygens (including phenoxy) is 3. The predicted octanol–water partition coefficient (Wildman–Crippen LogP) is 4.86. The van der Waals surface area contributed by atoms with Gasteiger partial charge in [-0.2, -0.15) is 0 Å². The van der Waals surface area contributed by atoms with Gasteiger partial charge in [0.2, 0.25) is 5.91 Å². The van der Waals surface area contributed by atoms with Gasteiger partial charge in [0.1, 0.15) is 28.9 Å².